The fourth-order valence-corrected chi connectivity index (χ4v) is 3.53. The minimum absolute atomic E-state index is 0.206. The number of aliphatic imine (C=N–C) groups is 1. The molecule has 12 heteroatoms. The number of allylic oxidation sites excluding steroid dienone is 1. The predicted molar refractivity (Wildman–Crippen MR) is 169 cm³/mol. The molecule has 3 N–H and O–H groups in total. The molecule has 0 spiro atoms. The molecule has 0 aliphatic carbocycles. The lowest BCUT2D eigenvalue weighted by Gasteiger charge is -2.11. The van der Waals surface area contributed by atoms with Gasteiger partial charge in [0.25, 0.3) is 0 Å². The van der Waals surface area contributed by atoms with Crippen LogP contribution in [0.25, 0.3) is 0 Å². The standard InChI is InChI=1S/C33H44N4O8/c1-26(30(38)42-22-11-9-18-36-32(40)44-24-28-14-5-3-6-15-28)34-20-13-21-35-27(2)31(39)43-23-12-10-19-37-33(41)45-25-29-16-7-4-8-17-29/h3-8,13-17,20-21,26-27,34H,9-12,18-19,22-25H2,1-2H3,(H,36,40)(H,37,41)/b20-13+,35-21?/t26-,27-/m0/s1. The van der Waals surface area contributed by atoms with Crippen molar-refractivity contribution in [3.05, 3.63) is 84.1 Å². The van der Waals surface area contributed by atoms with Crippen LogP contribution in [0.2, 0.25) is 0 Å². The highest BCUT2D eigenvalue weighted by Crippen LogP contribution is 2.02. The van der Waals surface area contributed by atoms with Gasteiger partial charge in [-0.2, -0.15) is 0 Å². The van der Waals surface area contributed by atoms with E-state index in [1.807, 2.05) is 60.7 Å². The summed E-state index contributed by atoms with van der Waals surface area (Å²) < 4.78 is 20.7. The molecule has 0 fully saturated rings. The Balaban J connectivity index is 1.44. The summed E-state index contributed by atoms with van der Waals surface area (Å²) >= 11 is 0. The molecule has 2 aromatic carbocycles. The van der Waals surface area contributed by atoms with Crippen LogP contribution in [0, 0.1) is 0 Å². The quantitative estimate of drug-likeness (QED) is 0.0840. The number of esters is 2. The van der Waals surface area contributed by atoms with E-state index in [1.165, 1.54) is 12.4 Å². The van der Waals surface area contributed by atoms with Crippen LogP contribution in [0.4, 0.5) is 9.59 Å². The number of hydrogen-bond acceptors (Lipinski definition) is 10. The molecule has 0 bridgehead atoms. The molecule has 0 unspecified atom stereocenters. The second-order valence-electron chi connectivity index (χ2n) is 9.95. The number of benzene rings is 2. The summed E-state index contributed by atoms with van der Waals surface area (Å²) in [7, 11) is 0. The van der Waals surface area contributed by atoms with Gasteiger partial charge in [-0.3, -0.25) is 4.99 Å². The Morgan fingerprint density at radius 1 is 0.689 bits per heavy atom. The summed E-state index contributed by atoms with van der Waals surface area (Å²) in [5.41, 5.74) is 1.82. The highest BCUT2D eigenvalue weighted by molar-refractivity contribution is 5.80. The molecular formula is C33H44N4O8. The van der Waals surface area contributed by atoms with Crippen molar-refractivity contribution in [2.45, 2.75) is 64.8 Å². The highest BCUT2D eigenvalue weighted by Gasteiger charge is 2.13. The number of rotatable bonds is 20. The molecule has 45 heavy (non-hydrogen) atoms. The first kappa shape index (κ1) is 36.3. The topological polar surface area (TPSA) is 154 Å². The summed E-state index contributed by atoms with van der Waals surface area (Å²) in [5, 5.41) is 8.21. The van der Waals surface area contributed by atoms with Crippen molar-refractivity contribution in [1.82, 2.24) is 16.0 Å². The van der Waals surface area contributed by atoms with Crippen molar-refractivity contribution in [2.24, 2.45) is 4.99 Å². The number of alkyl carbamates (subject to hydrolysis) is 2. The molecule has 0 aliphatic rings. The van der Waals surface area contributed by atoms with Gasteiger partial charge in [-0.1, -0.05) is 60.7 Å². The van der Waals surface area contributed by atoms with E-state index in [2.05, 4.69) is 20.9 Å². The minimum atomic E-state index is -0.691. The van der Waals surface area contributed by atoms with Crippen molar-refractivity contribution in [1.29, 1.82) is 0 Å². The van der Waals surface area contributed by atoms with Gasteiger partial charge in [-0.05, 0) is 62.9 Å². The Hall–Kier alpha value is -4.87. The molecule has 2 rings (SSSR count). The van der Waals surface area contributed by atoms with Gasteiger partial charge in [0.2, 0.25) is 0 Å². The first-order valence-corrected chi connectivity index (χ1v) is 15.0. The molecular weight excluding hydrogens is 580 g/mol. The van der Waals surface area contributed by atoms with Crippen LogP contribution in [0.3, 0.4) is 0 Å². The van der Waals surface area contributed by atoms with Gasteiger partial charge >= 0.3 is 24.1 Å². The number of unbranched alkanes of at least 4 members (excludes halogenated alkanes) is 2. The average Bonchev–Trinajstić information content (AvgIpc) is 3.06. The molecule has 244 valence electrons. The third-order valence-electron chi connectivity index (χ3n) is 6.13. The highest BCUT2D eigenvalue weighted by atomic mass is 16.6. The summed E-state index contributed by atoms with van der Waals surface area (Å²) in [6.45, 7) is 4.97. The van der Waals surface area contributed by atoms with Crippen LogP contribution >= 0.6 is 0 Å². The Kier molecular flexibility index (Phi) is 18.3. The van der Waals surface area contributed by atoms with E-state index in [-0.39, 0.29) is 26.4 Å². The molecule has 2 aromatic rings. The lowest BCUT2D eigenvalue weighted by Crippen LogP contribution is -2.32. The Bertz CT molecular complexity index is 1210. The van der Waals surface area contributed by atoms with Gasteiger partial charge in [-0.15, -0.1) is 0 Å². The number of carbonyl (C=O) groups is 4. The third-order valence-corrected chi connectivity index (χ3v) is 6.13. The van der Waals surface area contributed by atoms with Crippen molar-refractivity contribution < 1.29 is 38.1 Å². The Labute approximate surface area is 264 Å². The zero-order valence-electron chi connectivity index (χ0n) is 25.9. The van der Waals surface area contributed by atoms with Crippen LogP contribution < -0.4 is 16.0 Å². The largest absolute Gasteiger partial charge is 0.464 e. The molecule has 2 atom stereocenters. The van der Waals surface area contributed by atoms with E-state index in [0.717, 1.165) is 11.1 Å². The van der Waals surface area contributed by atoms with E-state index in [1.54, 1.807) is 19.9 Å². The molecule has 0 aliphatic heterocycles. The summed E-state index contributed by atoms with van der Waals surface area (Å²) in [6.07, 6.45) is 6.01. The second-order valence-corrected chi connectivity index (χ2v) is 9.95. The van der Waals surface area contributed by atoms with E-state index >= 15 is 0 Å². The van der Waals surface area contributed by atoms with Gasteiger partial charge in [0, 0.05) is 19.3 Å². The van der Waals surface area contributed by atoms with E-state index in [0.29, 0.717) is 38.8 Å². The number of carbonyl (C=O) groups excluding carboxylic acids is 4. The SMILES string of the molecule is C[C@H](N=C/C=C/N[C@@H](C)C(=O)OCCCCNC(=O)OCc1ccccc1)C(=O)OCCCCNC(=O)OCc1ccccc1. The predicted octanol–water partition coefficient (Wildman–Crippen LogP) is 4.44. The van der Waals surface area contributed by atoms with Crippen molar-refractivity contribution in [3.8, 4) is 0 Å². The lowest BCUT2D eigenvalue weighted by molar-refractivity contribution is -0.146. The smallest absolute Gasteiger partial charge is 0.407 e. The fraction of sp³-hybridized carbons (Fsp3) is 0.424. The van der Waals surface area contributed by atoms with Gasteiger partial charge in [-0.25, -0.2) is 19.2 Å². The average molecular weight is 625 g/mol. The number of amides is 2. The number of ether oxygens (including phenoxy) is 4. The number of hydrogen-bond donors (Lipinski definition) is 3. The molecule has 12 nitrogen and oxygen atoms in total. The molecule has 0 saturated carbocycles. The summed E-state index contributed by atoms with van der Waals surface area (Å²) in [6, 6.07) is 17.5. The zero-order valence-corrected chi connectivity index (χ0v) is 25.9. The molecule has 2 amide bonds. The summed E-state index contributed by atoms with van der Waals surface area (Å²) in [5.74, 6) is -0.873. The van der Waals surface area contributed by atoms with Crippen LogP contribution in [0.15, 0.2) is 77.9 Å². The van der Waals surface area contributed by atoms with Crippen LogP contribution in [-0.4, -0.2) is 68.7 Å². The zero-order chi connectivity index (χ0) is 32.5. The lowest BCUT2D eigenvalue weighted by atomic mass is 10.2. The molecule has 0 aromatic heterocycles. The summed E-state index contributed by atoms with van der Waals surface area (Å²) in [4.78, 5) is 51.8. The minimum Gasteiger partial charge on any atom is -0.464 e. The third kappa shape index (κ3) is 17.7. The van der Waals surface area contributed by atoms with E-state index in [9.17, 15) is 19.2 Å². The van der Waals surface area contributed by atoms with Crippen molar-refractivity contribution >= 4 is 30.3 Å². The fourth-order valence-electron chi connectivity index (χ4n) is 3.53. The molecule has 0 saturated heterocycles. The molecule has 0 heterocycles. The molecule has 0 radical (unpaired) electrons. The first-order chi connectivity index (χ1) is 21.8. The normalized spacial score (nSPS) is 12.2. The monoisotopic (exact) mass is 624 g/mol. The van der Waals surface area contributed by atoms with Crippen LogP contribution in [0.1, 0.15) is 50.7 Å². The van der Waals surface area contributed by atoms with Gasteiger partial charge < -0.3 is 34.9 Å². The van der Waals surface area contributed by atoms with Gasteiger partial charge in [0.05, 0.1) is 13.2 Å². The van der Waals surface area contributed by atoms with Gasteiger partial charge in [0.15, 0.2) is 0 Å². The van der Waals surface area contributed by atoms with Gasteiger partial charge in [0.1, 0.15) is 25.3 Å². The van der Waals surface area contributed by atoms with Crippen molar-refractivity contribution in [3.63, 3.8) is 0 Å². The Morgan fingerprint density at radius 3 is 1.69 bits per heavy atom. The van der Waals surface area contributed by atoms with Crippen LogP contribution in [0.5, 0.6) is 0 Å². The maximum Gasteiger partial charge on any atom is 0.407 e. The number of nitrogens with zero attached hydrogens (tertiary/aromatic N) is 1. The van der Waals surface area contributed by atoms with E-state index < -0.39 is 36.2 Å². The maximum absolute atomic E-state index is 12.1. The van der Waals surface area contributed by atoms with Crippen molar-refractivity contribution in [2.75, 3.05) is 26.3 Å². The second kappa shape index (κ2) is 22.6. The maximum atomic E-state index is 12.1. The Morgan fingerprint density at radius 2 is 1.18 bits per heavy atom. The van der Waals surface area contributed by atoms with E-state index in [4.69, 9.17) is 18.9 Å². The van der Waals surface area contributed by atoms with Crippen LogP contribution in [-0.2, 0) is 41.8 Å². The first-order valence-electron chi connectivity index (χ1n) is 15.0. The number of nitrogens with one attached hydrogen (secondary N) is 3.